The summed E-state index contributed by atoms with van der Waals surface area (Å²) < 4.78 is 6.81. The van der Waals surface area contributed by atoms with Crippen LogP contribution in [0.4, 0.5) is 0 Å². The summed E-state index contributed by atoms with van der Waals surface area (Å²) in [5.41, 5.74) is 7.39. The van der Waals surface area contributed by atoms with Gasteiger partial charge in [-0.3, -0.25) is 14.3 Å². The first-order valence-corrected chi connectivity index (χ1v) is 10.6. The maximum absolute atomic E-state index is 12.3. The highest BCUT2D eigenvalue weighted by molar-refractivity contribution is 6.05. The monoisotopic (exact) mass is 438 g/mol. The molecule has 32 heavy (non-hydrogen) atoms. The second-order valence-electron chi connectivity index (χ2n) is 8.78. The number of guanidine groups is 1. The molecule has 0 atom stereocenters. The number of carbonyl (C=O) groups is 2. The van der Waals surface area contributed by atoms with Crippen molar-refractivity contribution in [1.82, 2.24) is 14.7 Å². The molecule has 1 aliphatic rings. The van der Waals surface area contributed by atoms with E-state index in [0.717, 1.165) is 37.1 Å². The quantitative estimate of drug-likeness (QED) is 0.438. The van der Waals surface area contributed by atoms with E-state index < -0.39 is 17.5 Å². The molecule has 1 aromatic heterocycles. The Bertz CT molecular complexity index is 1100. The Morgan fingerprint density at radius 3 is 2.56 bits per heavy atom. The van der Waals surface area contributed by atoms with Crippen LogP contribution in [0.15, 0.2) is 34.4 Å². The molecule has 9 heteroatoms. The zero-order valence-electron chi connectivity index (χ0n) is 19.1. The van der Waals surface area contributed by atoms with Gasteiger partial charge in [-0.15, -0.1) is 0 Å². The van der Waals surface area contributed by atoms with Crippen LogP contribution in [-0.2, 0) is 16.1 Å². The fraction of sp³-hybridized carbons (Fsp3) is 0.435. The second-order valence-corrected chi connectivity index (χ2v) is 8.78. The number of likely N-dealkylation sites (tertiary alicyclic amines) is 1. The molecular formula is C23H30N6O3. The van der Waals surface area contributed by atoms with Crippen LogP contribution in [0, 0.1) is 0 Å². The number of carbonyl (C=O) groups excluding carboxylic acids is 2. The summed E-state index contributed by atoms with van der Waals surface area (Å²) in [6.07, 6.45) is 3.98. The number of allylic oxidation sites excluding steroid dienone is 1. The van der Waals surface area contributed by atoms with E-state index in [4.69, 9.17) is 10.5 Å². The van der Waals surface area contributed by atoms with Crippen molar-refractivity contribution >= 4 is 41.0 Å². The van der Waals surface area contributed by atoms with Crippen molar-refractivity contribution in [2.45, 2.75) is 52.7 Å². The summed E-state index contributed by atoms with van der Waals surface area (Å²) in [5, 5.41) is 4.83. The summed E-state index contributed by atoms with van der Waals surface area (Å²) in [6.45, 7) is 12.7. The number of nitrogens with two attached hydrogens (primary N) is 1. The maximum Gasteiger partial charge on any atom is 0.328 e. The van der Waals surface area contributed by atoms with E-state index >= 15 is 0 Å². The SMILES string of the molecule is C=NC(=N/C=C(\C)c1ccc2c(c1)c(C(N)=O)nn2CC(=O)OC(C)(C)C)N1CCCC1. The first-order valence-electron chi connectivity index (χ1n) is 10.6. The molecule has 0 unspecified atom stereocenters. The number of fused-ring (bicyclic) bond motifs is 1. The van der Waals surface area contributed by atoms with Gasteiger partial charge in [0.2, 0.25) is 5.96 Å². The molecule has 0 radical (unpaired) electrons. The highest BCUT2D eigenvalue weighted by Gasteiger charge is 2.21. The second kappa shape index (κ2) is 9.33. The predicted molar refractivity (Wildman–Crippen MR) is 126 cm³/mol. The summed E-state index contributed by atoms with van der Waals surface area (Å²) in [4.78, 5) is 34.9. The Morgan fingerprint density at radius 2 is 1.97 bits per heavy atom. The fourth-order valence-electron chi connectivity index (χ4n) is 3.59. The van der Waals surface area contributed by atoms with E-state index in [1.54, 1.807) is 27.0 Å². The van der Waals surface area contributed by atoms with Crippen molar-refractivity contribution in [3.05, 3.63) is 35.7 Å². The van der Waals surface area contributed by atoms with Gasteiger partial charge in [0.15, 0.2) is 5.69 Å². The topological polar surface area (TPSA) is 115 Å². The third-order valence-corrected chi connectivity index (χ3v) is 5.04. The Kier molecular flexibility index (Phi) is 6.76. The number of hydrogen-bond acceptors (Lipinski definition) is 5. The van der Waals surface area contributed by atoms with Gasteiger partial charge < -0.3 is 15.4 Å². The lowest BCUT2D eigenvalue weighted by atomic mass is 10.0. The van der Waals surface area contributed by atoms with Gasteiger partial charge in [0.1, 0.15) is 12.1 Å². The molecule has 9 nitrogen and oxygen atoms in total. The Balaban J connectivity index is 1.93. The van der Waals surface area contributed by atoms with Crippen LogP contribution < -0.4 is 5.73 Å². The number of hydrogen-bond donors (Lipinski definition) is 1. The standard InChI is InChI=1S/C23H30N6O3/c1-15(13-26-22(25-5)28-10-6-7-11-28)16-8-9-18-17(12-16)20(21(24)31)27-29(18)14-19(30)32-23(2,3)4/h8-9,12-13H,5-7,10-11,14H2,1-4H3,(H2,24,31)/b15-13+,26-22?. The molecule has 1 amide bonds. The van der Waals surface area contributed by atoms with Crippen LogP contribution in [0.25, 0.3) is 16.5 Å². The number of rotatable bonds is 5. The molecule has 0 spiro atoms. The molecule has 0 bridgehead atoms. The molecule has 2 N–H and O–H groups in total. The molecule has 1 aliphatic heterocycles. The molecule has 0 saturated carbocycles. The fourth-order valence-corrected chi connectivity index (χ4v) is 3.59. The van der Waals surface area contributed by atoms with E-state index in [9.17, 15) is 9.59 Å². The van der Waals surface area contributed by atoms with E-state index in [2.05, 4.69) is 26.7 Å². The van der Waals surface area contributed by atoms with Gasteiger partial charge in [-0.05, 0) is 70.5 Å². The van der Waals surface area contributed by atoms with E-state index in [0.29, 0.717) is 16.9 Å². The lowest BCUT2D eigenvalue weighted by molar-refractivity contribution is -0.155. The Hall–Kier alpha value is -3.49. The minimum atomic E-state index is -0.665. The molecular weight excluding hydrogens is 408 g/mol. The normalized spacial score (nSPS) is 15.3. The molecule has 0 aliphatic carbocycles. The van der Waals surface area contributed by atoms with Gasteiger partial charge in [-0.2, -0.15) is 5.10 Å². The smallest absolute Gasteiger partial charge is 0.328 e. The molecule has 3 rings (SSSR count). The molecule has 1 aromatic carbocycles. The summed E-state index contributed by atoms with van der Waals surface area (Å²) in [7, 11) is 0. The maximum atomic E-state index is 12.3. The number of benzene rings is 1. The Labute approximate surface area is 187 Å². The molecule has 2 heterocycles. The number of esters is 1. The van der Waals surface area contributed by atoms with Crippen LogP contribution in [0.2, 0.25) is 0 Å². The highest BCUT2D eigenvalue weighted by atomic mass is 16.6. The third kappa shape index (κ3) is 5.40. The number of ether oxygens (including phenoxy) is 1. The van der Waals surface area contributed by atoms with Crippen molar-refractivity contribution in [3.8, 4) is 0 Å². The number of amides is 1. The first kappa shape index (κ1) is 23.2. The zero-order valence-corrected chi connectivity index (χ0v) is 19.1. The van der Waals surface area contributed by atoms with Crippen molar-refractivity contribution < 1.29 is 14.3 Å². The van der Waals surface area contributed by atoms with Crippen LogP contribution >= 0.6 is 0 Å². The van der Waals surface area contributed by atoms with E-state index in [1.165, 1.54) is 4.68 Å². The van der Waals surface area contributed by atoms with Crippen molar-refractivity contribution in [1.29, 1.82) is 0 Å². The summed E-state index contributed by atoms with van der Waals surface area (Å²) in [6, 6.07) is 5.52. The number of primary amides is 1. The lowest BCUT2D eigenvalue weighted by Crippen LogP contribution is -2.27. The number of aliphatic imine (C=N–C) groups is 2. The van der Waals surface area contributed by atoms with Crippen LogP contribution in [0.3, 0.4) is 0 Å². The average Bonchev–Trinajstić information content (AvgIpc) is 3.35. The lowest BCUT2D eigenvalue weighted by Gasteiger charge is -2.19. The van der Waals surface area contributed by atoms with Crippen LogP contribution in [-0.4, -0.2) is 57.9 Å². The summed E-state index contributed by atoms with van der Waals surface area (Å²) in [5.74, 6) is -0.508. The average molecular weight is 439 g/mol. The van der Waals surface area contributed by atoms with Gasteiger partial charge in [0.05, 0.1) is 5.52 Å². The van der Waals surface area contributed by atoms with Crippen LogP contribution in [0.1, 0.15) is 56.6 Å². The third-order valence-electron chi connectivity index (χ3n) is 5.04. The van der Waals surface area contributed by atoms with Crippen molar-refractivity contribution in [2.24, 2.45) is 15.7 Å². The molecule has 170 valence electrons. The summed E-state index contributed by atoms with van der Waals surface area (Å²) >= 11 is 0. The van der Waals surface area contributed by atoms with Gasteiger partial charge in [0, 0.05) is 24.7 Å². The minimum Gasteiger partial charge on any atom is -0.459 e. The molecule has 1 saturated heterocycles. The minimum absolute atomic E-state index is 0.104. The van der Waals surface area contributed by atoms with Crippen molar-refractivity contribution in [2.75, 3.05) is 13.1 Å². The van der Waals surface area contributed by atoms with Crippen LogP contribution in [0.5, 0.6) is 0 Å². The molecule has 1 fully saturated rings. The van der Waals surface area contributed by atoms with Crippen molar-refractivity contribution in [3.63, 3.8) is 0 Å². The van der Waals surface area contributed by atoms with Gasteiger partial charge >= 0.3 is 5.97 Å². The van der Waals surface area contributed by atoms with Gasteiger partial charge in [-0.25, -0.2) is 9.98 Å². The highest BCUT2D eigenvalue weighted by Crippen LogP contribution is 2.25. The number of nitrogens with zero attached hydrogens (tertiary/aromatic N) is 5. The number of aromatic nitrogens is 2. The van der Waals surface area contributed by atoms with Gasteiger partial charge in [0.25, 0.3) is 5.91 Å². The predicted octanol–water partition coefficient (Wildman–Crippen LogP) is 2.99. The van der Waals surface area contributed by atoms with E-state index in [-0.39, 0.29) is 12.2 Å². The first-order chi connectivity index (χ1) is 15.1. The zero-order chi connectivity index (χ0) is 23.5. The van der Waals surface area contributed by atoms with E-state index in [1.807, 2.05) is 25.1 Å². The molecule has 2 aromatic rings. The largest absolute Gasteiger partial charge is 0.459 e. The van der Waals surface area contributed by atoms with Gasteiger partial charge in [-0.1, -0.05) is 6.07 Å². The Morgan fingerprint density at radius 1 is 1.28 bits per heavy atom.